The Morgan fingerprint density at radius 2 is 2.27 bits per heavy atom. The molecular formula is C12H17NO2. The van der Waals surface area contributed by atoms with Crippen molar-refractivity contribution in [2.45, 2.75) is 32.9 Å². The van der Waals surface area contributed by atoms with Crippen molar-refractivity contribution in [1.29, 1.82) is 0 Å². The van der Waals surface area contributed by atoms with E-state index in [4.69, 9.17) is 5.11 Å². The first-order chi connectivity index (χ1) is 7.08. The third kappa shape index (κ3) is 4.61. The molecule has 0 amide bonds. The Bertz CT molecular complexity index is 336. The molecule has 82 valence electrons. The first-order valence-corrected chi connectivity index (χ1v) is 5.08. The van der Waals surface area contributed by atoms with Gasteiger partial charge < -0.3 is 10.4 Å². The van der Waals surface area contributed by atoms with Crippen molar-refractivity contribution in [3.8, 4) is 0 Å². The van der Waals surface area contributed by atoms with Crippen molar-refractivity contribution >= 4 is 5.97 Å². The first kappa shape index (κ1) is 11.7. The SMILES string of the molecule is Cc1cccc(CNC(C)CC(=O)O)c1. The zero-order valence-corrected chi connectivity index (χ0v) is 9.16. The maximum absolute atomic E-state index is 10.4. The molecule has 3 heteroatoms. The fourth-order valence-corrected chi connectivity index (χ4v) is 1.45. The lowest BCUT2D eigenvalue weighted by molar-refractivity contribution is -0.137. The van der Waals surface area contributed by atoms with Crippen molar-refractivity contribution < 1.29 is 9.90 Å². The van der Waals surface area contributed by atoms with E-state index in [1.54, 1.807) is 0 Å². The molecule has 0 aliphatic heterocycles. The molecule has 1 aromatic rings. The predicted molar refractivity (Wildman–Crippen MR) is 59.7 cm³/mol. The van der Waals surface area contributed by atoms with Crippen LogP contribution in [0.5, 0.6) is 0 Å². The average Bonchev–Trinajstić information content (AvgIpc) is 2.14. The van der Waals surface area contributed by atoms with Gasteiger partial charge in [0.2, 0.25) is 0 Å². The van der Waals surface area contributed by atoms with Crippen LogP contribution in [0.25, 0.3) is 0 Å². The molecular weight excluding hydrogens is 190 g/mol. The number of aryl methyl sites for hydroxylation is 1. The largest absolute Gasteiger partial charge is 0.481 e. The minimum Gasteiger partial charge on any atom is -0.481 e. The molecule has 0 aliphatic carbocycles. The second kappa shape index (κ2) is 5.51. The molecule has 3 nitrogen and oxygen atoms in total. The zero-order chi connectivity index (χ0) is 11.3. The smallest absolute Gasteiger partial charge is 0.304 e. The number of hydrogen-bond acceptors (Lipinski definition) is 2. The summed E-state index contributed by atoms with van der Waals surface area (Å²) in [4.78, 5) is 10.4. The molecule has 0 aromatic heterocycles. The Labute approximate surface area is 90.1 Å². The second-order valence-electron chi connectivity index (χ2n) is 3.87. The van der Waals surface area contributed by atoms with Crippen LogP contribution in [0.4, 0.5) is 0 Å². The first-order valence-electron chi connectivity index (χ1n) is 5.08. The van der Waals surface area contributed by atoms with Crippen molar-refractivity contribution in [3.63, 3.8) is 0 Å². The summed E-state index contributed by atoms with van der Waals surface area (Å²) in [6.45, 7) is 4.64. The number of carbonyl (C=O) groups is 1. The average molecular weight is 207 g/mol. The van der Waals surface area contributed by atoms with Crippen molar-refractivity contribution in [2.75, 3.05) is 0 Å². The number of hydrogen-bond donors (Lipinski definition) is 2. The van der Waals surface area contributed by atoms with Gasteiger partial charge in [0.1, 0.15) is 0 Å². The van der Waals surface area contributed by atoms with Gasteiger partial charge in [-0.1, -0.05) is 29.8 Å². The highest BCUT2D eigenvalue weighted by molar-refractivity contribution is 5.67. The van der Waals surface area contributed by atoms with E-state index in [0.29, 0.717) is 0 Å². The Hall–Kier alpha value is -1.35. The van der Waals surface area contributed by atoms with Crippen LogP contribution >= 0.6 is 0 Å². The molecule has 1 rings (SSSR count). The molecule has 0 radical (unpaired) electrons. The van der Waals surface area contributed by atoms with Gasteiger partial charge in [0, 0.05) is 12.6 Å². The third-order valence-electron chi connectivity index (χ3n) is 2.22. The Morgan fingerprint density at radius 3 is 2.87 bits per heavy atom. The van der Waals surface area contributed by atoms with Crippen LogP contribution in [0, 0.1) is 6.92 Å². The lowest BCUT2D eigenvalue weighted by Crippen LogP contribution is -2.27. The van der Waals surface area contributed by atoms with Gasteiger partial charge in [-0.2, -0.15) is 0 Å². The fraction of sp³-hybridized carbons (Fsp3) is 0.417. The summed E-state index contributed by atoms with van der Waals surface area (Å²) in [5.41, 5.74) is 2.41. The van der Waals surface area contributed by atoms with Crippen molar-refractivity contribution in [3.05, 3.63) is 35.4 Å². The molecule has 2 N–H and O–H groups in total. The van der Waals surface area contributed by atoms with Crippen molar-refractivity contribution in [2.24, 2.45) is 0 Å². The van der Waals surface area contributed by atoms with Gasteiger partial charge in [0.25, 0.3) is 0 Å². The van der Waals surface area contributed by atoms with Gasteiger partial charge in [-0.25, -0.2) is 0 Å². The van der Waals surface area contributed by atoms with Crippen LogP contribution in [0.3, 0.4) is 0 Å². The van der Waals surface area contributed by atoms with E-state index in [-0.39, 0.29) is 12.5 Å². The number of benzene rings is 1. The molecule has 0 saturated carbocycles. The van der Waals surface area contributed by atoms with Crippen LogP contribution in [0.2, 0.25) is 0 Å². The van der Waals surface area contributed by atoms with E-state index >= 15 is 0 Å². The Morgan fingerprint density at radius 1 is 1.53 bits per heavy atom. The maximum Gasteiger partial charge on any atom is 0.304 e. The fourth-order valence-electron chi connectivity index (χ4n) is 1.45. The standard InChI is InChI=1S/C12H17NO2/c1-9-4-3-5-11(6-9)8-13-10(2)7-12(14)15/h3-6,10,13H,7-8H2,1-2H3,(H,14,15). The number of carboxylic acid groups (broad SMARTS) is 1. The summed E-state index contributed by atoms with van der Waals surface area (Å²) in [7, 11) is 0. The van der Waals surface area contributed by atoms with Crippen LogP contribution in [-0.4, -0.2) is 17.1 Å². The molecule has 1 aromatic carbocycles. The lowest BCUT2D eigenvalue weighted by atomic mass is 10.1. The molecule has 1 atom stereocenters. The van der Waals surface area contributed by atoms with Gasteiger partial charge >= 0.3 is 5.97 Å². The maximum atomic E-state index is 10.4. The normalized spacial score (nSPS) is 12.4. The number of nitrogens with one attached hydrogen (secondary N) is 1. The molecule has 0 saturated heterocycles. The minimum absolute atomic E-state index is 0.00279. The van der Waals surface area contributed by atoms with Gasteiger partial charge in [-0.15, -0.1) is 0 Å². The number of carboxylic acids is 1. The lowest BCUT2D eigenvalue weighted by Gasteiger charge is -2.11. The quantitative estimate of drug-likeness (QED) is 0.775. The van der Waals surface area contributed by atoms with Crippen LogP contribution < -0.4 is 5.32 Å². The Balaban J connectivity index is 2.40. The molecule has 0 bridgehead atoms. The molecule has 0 aliphatic rings. The monoisotopic (exact) mass is 207 g/mol. The molecule has 15 heavy (non-hydrogen) atoms. The summed E-state index contributed by atoms with van der Waals surface area (Å²) in [6.07, 6.45) is 0.159. The summed E-state index contributed by atoms with van der Waals surface area (Å²) in [5, 5.41) is 11.8. The minimum atomic E-state index is -0.765. The second-order valence-corrected chi connectivity index (χ2v) is 3.87. The van der Waals surface area contributed by atoms with Gasteiger partial charge in [0.05, 0.1) is 6.42 Å². The highest BCUT2D eigenvalue weighted by atomic mass is 16.4. The van der Waals surface area contributed by atoms with E-state index in [2.05, 4.69) is 11.4 Å². The highest BCUT2D eigenvalue weighted by Gasteiger charge is 2.06. The van der Waals surface area contributed by atoms with E-state index < -0.39 is 5.97 Å². The van der Waals surface area contributed by atoms with E-state index in [9.17, 15) is 4.79 Å². The van der Waals surface area contributed by atoms with Crippen LogP contribution in [0.1, 0.15) is 24.5 Å². The van der Waals surface area contributed by atoms with Crippen molar-refractivity contribution in [1.82, 2.24) is 5.32 Å². The summed E-state index contributed by atoms with van der Waals surface area (Å²) < 4.78 is 0. The van der Waals surface area contributed by atoms with Gasteiger partial charge in [0.15, 0.2) is 0 Å². The topological polar surface area (TPSA) is 49.3 Å². The predicted octanol–water partition coefficient (Wildman–Crippen LogP) is 1.95. The van der Waals surface area contributed by atoms with E-state index in [1.165, 1.54) is 11.1 Å². The summed E-state index contributed by atoms with van der Waals surface area (Å²) in [5.74, 6) is -0.765. The molecule has 0 fully saturated rings. The highest BCUT2D eigenvalue weighted by Crippen LogP contribution is 2.04. The number of rotatable bonds is 5. The number of aliphatic carboxylic acids is 1. The van der Waals surface area contributed by atoms with E-state index in [1.807, 2.05) is 32.0 Å². The molecule has 0 spiro atoms. The zero-order valence-electron chi connectivity index (χ0n) is 9.16. The van der Waals surface area contributed by atoms with Crippen LogP contribution in [0.15, 0.2) is 24.3 Å². The van der Waals surface area contributed by atoms with E-state index in [0.717, 1.165) is 6.54 Å². The van der Waals surface area contributed by atoms with Gasteiger partial charge in [-0.3, -0.25) is 4.79 Å². The van der Waals surface area contributed by atoms with Gasteiger partial charge in [-0.05, 0) is 19.4 Å². The Kier molecular flexibility index (Phi) is 4.31. The molecule has 0 heterocycles. The summed E-state index contributed by atoms with van der Waals surface area (Å²) >= 11 is 0. The summed E-state index contributed by atoms with van der Waals surface area (Å²) in [6, 6.07) is 8.19. The third-order valence-corrected chi connectivity index (χ3v) is 2.22. The molecule has 1 unspecified atom stereocenters. The van der Waals surface area contributed by atoms with Crippen LogP contribution in [-0.2, 0) is 11.3 Å².